The van der Waals surface area contributed by atoms with E-state index < -0.39 is 19.9 Å². The van der Waals surface area contributed by atoms with Crippen LogP contribution in [-0.4, -0.2) is 19.9 Å². The van der Waals surface area contributed by atoms with Crippen molar-refractivity contribution in [3.63, 3.8) is 0 Å². The van der Waals surface area contributed by atoms with Gasteiger partial charge in [-0.1, -0.05) is 0 Å². The first kappa shape index (κ1) is 11.3. The number of nitro groups is 1. The molecule has 0 saturated carbocycles. The van der Waals surface area contributed by atoms with Crippen LogP contribution >= 0.6 is 0 Å². The topological polar surface area (TPSA) is 97.1 Å². The molecule has 0 fully saturated rings. The van der Waals surface area contributed by atoms with Gasteiger partial charge in [0.05, 0.1) is 0 Å². The van der Waals surface area contributed by atoms with Gasteiger partial charge >= 0.3 is 100 Å². The van der Waals surface area contributed by atoms with E-state index in [4.69, 9.17) is 9.68 Å². The van der Waals surface area contributed by atoms with Crippen LogP contribution in [0.4, 0.5) is 5.69 Å². The van der Waals surface area contributed by atoms with Gasteiger partial charge in [-0.2, -0.15) is 0 Å². The molecule has 0 spiro atoms. The normalized spacial score (nSPS) is 10.1. The molecule has 0 aliphatic rings. The van der Waals surface area contributed by atoms with Crippen molar-refractivity contribution >= 4 is 36.1 Å². The van der Waals surface area contributed by atoms with Gasteiger partial charge in [-0.15, -0.1) is 0 Å². The molecule has 2 rings (SSSR count). The summed E-state index contributed by atoms with van der Waals surface area (Å²) in [5.41, 5.74) is -0.277. The fourth-order valence-electron chi connectivity index (χ4n) is 1.33. The molecule has 0 atom stereocenters. The number of benzene rings is 1. The van der Waals surface area contributed by atoms with Crippen molar-refractivity contribution in [2.24, 2.45) is 0 Å². The number of fused-ring (bicyclic) bond motifs is 1. The number of rotatable bonds is 2. The average molecular weight is 295 g/mol. The quantitative estimate of drug-likeness (QED) is 0.457. The summed E-state index contributed by atoms with van der Waals surface area (Å²) in [5.74, 6) is 0. The minimum atomic E-state index is -0.639. The van der Waals surface area contributed by atoms with E-state index in [0.29, 0.717) is 0 Å². The molecule has 1 aromatic heterocycles. The third-order valence-corrected chi connectivity index (χ3v) is 3.33. The molecule has 0 aliphatic carbocycles. The Labute approximate surface area is 101 Å². The van der Waals surface area contributed by atoms with Gasteiger partial charge in [0.25, 0.3) is 0 Å². The molecule has 0 N–H and O–H groups in total. The number of nitriles is 1. The second-order valence-electron chi connectivity index (χ2n) is 3.06. The van der Waals surface area contributed by atoms with Crippen molar-refractivity contribution in [3.05, 3.63) is 44.8 Å². The van der Waals surface area contributed by atoms with Crippen molar-refractivity contribution in [1.29, 1.82) is 5.26 Å². The van der Waals surface area contributed by atoms with Crippen LogP contribution in [0.25, 0.3) is 11.0 Å². The Morgan fingerprint density at radius 3 is 2.88 bits per heavy atom. The molecule has 2 aromatic rings. The Hall–Kier alpha value is -2.16. The first-order valence-electron chi connectivity index (χ1n) is 4.39. The van der Waals surface area contributed by atoms with Crippen LogP contribution in [-0.2, 0) is 0 Å². The monoisotopic (exact) mass is 296 g/mol. The zero-order valence-corrected chi connectivity index (χ0v) is 9.96. The number of hydrogen-bond acceptors (Lipinski definition) is 5. The van der Waals surface area contributed by atoms with E-state index in [9.17, 15) is 14.9 Å². The van der Waals surface area contributed by atoms with Crippen LogP contribution < -0.4 is 9.89 Å². The predicted octanol–water partition coefficient (Wildman–Crippen LogP) is 0.512. The minimum absolute atomic E-state index is 0.133. The maximum atomic E-state index is 11.9. The molecule has 84 valence electrons. The predicted molar refractivity (Wildman–Crippen MR) is 60.1 cm³/mol. The fourth-order valence-corrected chi connectivity index (χ4v) is 2.17. The van der Waals surface area contributed by atoms with E-state index >= 15 is 0 Å². The van der Waals surface area contributed by atoms with E-state index in [1.54, 1.807) is 0 Å². The number of nitrogens with zero attached hydrogens (tertiary/aromatic N) is 2. The molecule has 1 heterocycles. The van der Waals surface area contributed by atoms with Crippen LogP contribution in [0.15, 0.2) is 33.7 Å². The van der Waals surface area contributed by atoms with E-state index in [1.807, 2.05) is 4.97 Å². The van der Waals surface area contributed by atoms with Crippen molar-refractivity contribution in [2.75, 3.05) is 0 Å². The molecule has 7 heteroatoms. The molecule has 0 bridgehead atoms. The van der Waals surface area contributed by atoms with Crippen LogP contribution in [0.5, 0.6) is 0 Å². The molecule has 17 heavy (non-hydrogen) atoms. The van der Waals surface area contributed by atoms with E-state index in [1.165, 1.54) is 18.4 Å². The Balaban J connectivity index is 2.74. The van der Waals surface area contributed by atoms with Gasteiger partial charge in [0.1, 0.15) is 0 Å². The van der Waals surface area contributed by atoms with Crippen LogP contribution in [0.2, 0.25) is 0 Å². The van der Waals surface area contributed by atoms with Crippen molar-refractivity contribution < 1.29 is 9.34 Å². The number of hydrogen-bond donors (Lipinski definition) is 0. The first-order chi connectivity index (χ1) is 8.13. The van der Waals surface area contributed by atoms with E-state index in [-0.39, 0.29) is 26.5 Å². The summed E-state index contributed by atoms with van der Waals surface area (Å²) in [6, 6.07) is 3.80. The Morgan fingerprint density at radius 1 is 1.47 bits per heavy atom. The van der Waals surface area contributed by atoms with Crippen molar-refractivity contribution in [3.8, 4) is 4.97 Å². The van der Waals surface area contributed by atoms with Crippen LogP contribution in [0, 0.1) is 20.3 Å². The maximum absolute atomic E-state index is 11.9. The molecule has 0 radical (unpaired) electrons. The summed E-state index contributed by atoms with van der Waals surface area (Å²) in [7, 11) is 0. The second kappa shape index (κ2) is 4.37. The fraction of sp³-hybridized carbons (Fsp3) is 0. The van der Waals surface area contributed by atoms with Gasteiger partial charge in [0.15, 0.2) is 0 Å². The third kappa shape index (κ3) is 2.04. The Morgan fingerprint density at radius 2 is 2.24 bits per heavy atom. The molecular formula is C10H4N2O4Se. The molecule has 1 aromatic carbocycles. The van der Waals surface area contributed by atoms with Gasteiger partial charge in [-0.3, -0.25) is 0 Å². The molecule has 6 nitrogen and oxygen atoms in total. The van der Waals surface area contributed by atoms with Gasteiger partial charge in [0.2, 0.25) is 0 Å². The second-order valence-corrected chi connectivity index (χ2v) is 4.79. The molecular weight excluding hydrogens is 291 g/mol. The Kier molecular flexibility index (Phi) is 2.91. The zero-order valence-electron chi connectivity index (χ0n) is 8.25. The Bertz CT molecular complexity index is 701. The number of non-ortho nitro benzene ring substituents is 1. The molecule has 0 saturated heterocycles. The van der Waals surface area contributed by atoms with Crippen molar-refractivity contribution in [1.82, 2.24) is 0 Å². The van der Waals surface area contributed by atoms with Crippen LogP contribution in [0.1, 0.15) is 0 Å². The van der Waals surface area contributed by atoms with Gasteiger partial charge < -0.3 is 0 Å². The van der Waals surface area contributed by atoms with Gasteiger partial charge in [-0.25, -0.2) is 0 Å². The van der Waals surface area contributed by atoms with E-state index in [0.717, 1.165) is 6.07 Å². The summed E-state index contributed by atoms with van der Waals surface area (Å²) >= 11 is -0.639. The van der Waals surface area contributed by atoms with Gasteiger partial charge in [-0.05, 0) is 0 Å². The molecule has 0 amide bonds. The zero-order chi connectivity index (χ0) is 12.4. The SMILES string of the molecule is N#C[Se]c1coc2ccc([N+](=O)[O-])cc2c1=O. The summed E-state index contributed by atoms with van der Waals surface area (Å²) in [5, 5.41) is 19.3. The summed E-state index contributed by atoms with van der Waals surface area (Å²) in [6.07, 6.45) is 1.24. The standard InChI is InChI=1S/C10H4N2O4Se/c11-5-17-9-4-16-8-2-1-6(12(14)15)3-7(8)10(9)13/h1-4H. The van der Waals surface area contributed by atoms with Crippen molar-refractivity contribution in [2.45, 2.75) is 0 Å². The first-order valence-corrected chi connectivity index (χ1v) is 6.10. The summed E-state index contributed by atoms with van der Waals surface area (Å²) in [4.78, 5) is 23.8. The summed E-state index contributed by atoms with van der Waals surface area (Å²) in [6.45, 7) is 0. The summed E-state index contributed by atoms with van der Waals surface area (Å²) < 4.78 is 5.41. The van der Waals surface area contributed by atoms with Crippen LogP contribution in [0.3, 0.4) is 0 Å². The van der Waals surface area contributed by atoms with E-state index in [2.05, 4.69) is 0 Å². The number of nitro benzene ring substituents is 1. The van der Waals surface area contributed by atoms with Gasteiger partial charge in [0, 0.05) is 0 Å². The molecule has 0 unspecified atom stereocenters. The molecule has 0 aliphatic heterocycles. The average Bonchev–Trinajstić information content (AvgIpc) is 2.32. The third-order valence-electron chi connectivity index (χ3n) is 2.09.